The van der Waals surface area contributed by atoms with Gasteiger partial charge in [0, 0.05) is 19.5 Å². The van der Waals surface area contributed by atoms with Gasteiger partial charge in [0.05, 0.1) is 6.04 Å². The second kappa shape index (κ2) is 6.50. The van der Waals surface area contributed by atoms with Crippen molar-refractivity contribution in [3.63, 3.8) is 0 Å². The Bertz CT molecular complexity index is 549. The SMILES string of the molecule is Cc1ocnc1C(=O)N[C@H]1CC(=O)N(CC2CCCCC2)C1. The standard InChI is InChI=1S/C16H23N3O3/c1-11-15(17-10-22-11)16(21)18-13-7-14(20)19(9-13)8-12-5-3-2-4-6-12/h10,12-13H,2-9H2,1H3,(H,18,21)/t13-/m0/s1. The van der Waals surface area contributed by atoms with E-state index in [2.05, 4.69) is 10.3 Å². The summed E-state index contributed by atoms with van der Waals surface area (Å²) in [6.45, 7) is 3.16. The van der Waals surface area contributed by atoms with E-state index in [1.54, 1.807) is 6.92 Å². The molecule has 2 amide bonds. The zero-order valence-corrected chi connectivity index (χ0v) is 13.0. The van der Waals surface area contributed by atoms with Crippen LogP contribution in [0.5, 0.6) is 0 Å². The van der Waals surface area contributed by atoms with Crippen molar-refractivity contribution < 1.29 is 14.0 Å². The first kappa shape index (κ1) is 15.1. The lowest BCUT2D eigenvalue weighted by atomic mass is 9.89. The molecule has 22 heavy (non-hydrogen) atoms. The fourth-order valence-electron chi connectivity index (χ4n) is 3.50. The van der Waals surface area contributed by atoms with Crippen LogP contribution in [0.3, 0.4) is 0 Å². The smallest absolute Gasteiger partial charge is 0.273 e. The van der Waals surface area contributed by atoms with Gasteiger partial charge in [-0.15, -0.1) is 0 Å². The minimum atomic E-state index is -0.261. The van der Waals surface area contributed by atoms with Gasteiger partial charge < -0.3 is 14.6 Å². The van der Waals surface area contributed by atoms with Crippen molar-refractivity contribution in [3.8, 4) is 0 Å². The summed E-state index contributed by atoms with van der Waals surface area (Å²) < 4.78 is 5.04. The Labute approximate surface area is 130 Å². The zero-order valence-electron chi connectivity index (χ0n) is 13.0. The van der Waals surface area contributed by atoms with E-state index < -0.39 is 0 Å². The third-order valence-electron chi connectivity index (χ3n) is 4.71. The average molecular weight is 305 g/mol. The van der Waals surface area contributed by atoms with Crippen LogP contribution in [0.15, 0.2) is 10.8 Å². The van der Waals surface area contributed by atoms with Crippen molar-refractivity contribution in [3.05, 3.63) is 17.8 Å². The van der Waals surface area contributed by atoms with Crippen molar-refractivity contribution >= 4 is 11.8 Å². The Morgan fingerprint density at radius 2 is 2.18 bits per heavy atom. The highest BCUT2D eigenvalue weighted by Gasteiger charge is 2.32. The van der Waals surface area contributed by atoms with E-state index >= 15 is 0 Å². The third-order valence-corrected chi connectivity index (χ3v) is 4.71. The Morgan fingerprint density at radius 1 is 1.41 bits per heavy atom. The molecule has 0 unspecified atom stereocenters. The Morgan fingerprint density at radius 3 is 2.86 bits per heavy atom. The lowest BCUT2D eigenvalue weighted by molar-refractivity contribution is -0.128. The predicted molar refractivity (Wildman–Crippen MR) is 80.3 cm³/mol. The molecule has 1 N–H and O–H groups in total. The van der Waals surface area contributed by atoms with Crippen LogP contribution in [0.4, 0.5) is 0 Å². The second-order valence-electron chi connectivity index (χ2n) is 6.43. The highest BCUT2D eigenvalue weighted by Crippen LogP contribution is 2.26. The molecule has 1 aliphatic carbocycles. The van der Waals surface area contributed by atoms with Crippen LogP contribution in [0.25, 0.3) is 0 Å². The number of carbonyl (C=O) groups excluding carboxylic acids is 2. The maximum absolute atomic E-state index is 12.1. The lowest BCUT2D eigenvalue weighted by Gasteiger charge is -2.27. The average Bonchev–Trinajstić information content (AvgIpc) is 3.07. The summed E-state index contributed by atoms with van der Waals surface area (Å²) in [5.41, 5.74) is 0.304. The maximum atomic E-state index is 12.1. The van der Waals surface area contributed by atoms with Gasteiger partial charge in [0.25, 0.3) is 5.91 Å². The van der Waals surface area contributed by atoms with E-state index in [0.717, 1.165) is 6.54 Å². The molecule has 120 valence electrons. The molecule has 1 aromatic heterocycles. The van der Waals surface area contributed by atoms with Gasteiger partial charge in [0.2, 0.25) is 5.91 Å². The molecular weight excluding hydrogens is 282 g/mol. The van der Waals surface area contributed by atoms with Gasteiger partial charge >= 0.3 is 0 Å². The summed E-state index contributed by atoms with van der Waals surface area (Å²) in [6.07, 6.45) is 7.96. The molecular formula is C16H23N3O3. The van der Waals surface area contributed by atoms with Gasteiger partial charge in [-0.3, -0.25) is 9.59 Å². The number of amides is 2. The Balaban J connectivity index is 1.53. The quantitative estimate of drug-likeness (QED) is 0.921. The molecule has 1 saturated carbocycles. The van der Waals surface area contributed by atoms with Crippen molar-refractivity contribution in [2.24, 2.45) is 5.92 Å². The molecule has 1 atom stereocenters. The van der Waals surface area contributed by atoms with Gasteiger partial charge in [0.1, 0.15) is 5.76 Å². The number of rotatable bonds is 4. The minimum absolute atomic E-state index is 0.125. The third kappa shape index (κ3) is 3.31. The molecule has 6 nitrogen and oxygen atoms in total. The highest BCUT2D eigenvalue weighted by atomic mass is 16.3. The summed E-state index contributed by atoms with van der Waals surface area (Å²) in [5.74, 6) is 1.02. The van der Waals surface area contributed by atoms with E-state index in [1.165, 1.54) is 38.5 Å². The number of oxazole rings is 1. The summed E-state index contributed by atoms with van der Waals surface area (Å²) in [6, 6.07) is -0.125. The van der Waals surface area contributed by atoms with Crippen LogP contribution >= 0.6 is 0 Å². The van der Waals surface area contributed by atoms with Crippen molar-refractivity contribution in [2.45, 2.75) is 51.5 Å². The topological polar surface area (TPSA) is 75.4 Å². The number of carbonyl (C=O) groups is 2. The summed E-state index contributed by atoms with van der Waals surface area (Å²) in [7, 11) is 0. The van der Waals surface area contributed by atoms with Gasteiger partial charge in [-0.25, -0.2) is 4.98 Å². The van der Waals surface area contributed by atoms with Crippen molar-refractivity contribution in [1.82, 2.24) is 15.2 Å². The van der Waals surface area contributed by atoms with Crippen molar-refractivity contribution in [2.75, 3.05) is 13.1 Å². The molecule has 0 bridgehead atoms. The molecule has 2 heterocycles. The number of aromatic nitrogens is 1. The van der Waals surface area contributed by atoms with E-state index in [-0.39, 0.29) is 17.9 Å². The fraction of sp³-hybridized carbons (Fsp3) is 0.688. The number of nitrogens with zero attached hydrogens (tertiary/aromatic N) is 2. The monoisotopic (exact) mass is 305 g/mol. The zero-order chi connectivity index (χ0) is 15.5. The van der Waals surface area contributed by atoms with E-state index in [4.69, 9.17) is 4.42 Å². The fourth-order valence-corrected chi connectivity index (χ4v) is 3.50. The number of hydrogen-bond donors (Lipinski definition) is 1. The maximum Gasteiger partial charge on any atom is 0.273 e. The molecule has 0 spiro atoms. The van der Waals surface area contributed by atoms with E-state index in [1.807, 2.05) is 4.90 Å². The second-order valence-corrected chi connectivity index (χ2v) is 6.43. The first-order chi connectivity index (χ1) is 10.6. The van der Waals surface area contributed by atoms with Gasteiger partial charge in [0.15, 0.2) is 12.1 Å². The molecule has 0 radical (unpaired) electrons. The van der Waals surface area contributed by atoms with Crippen molar-refractivity contribution in [1.29, 1.82) is 0 Å². The first-order valence-electron chi connectivity index (χ1n) is 8.12. The predicted octanol–water partition coefficient (Wildman–Crippen LogP) is 1.89. The number of likely N-dealkylation sites (tertiary alicyclic amines) is 1. The van der Waals surface area contributed by atoms with E-state index in [9.17, 15) is 9.59 Å². The highest BCUT2D eigenvalue weighted by molar-refractivity contribution is 5.94. The molecule has 1 aromatic rings. The minimum Gasteiger partial charge on any atom is -0.448 e. The molecule has 1 saturated heterocycles. The summed E-state index contributed by atoms with van der Waals surface area (Å²) >= 11 is 0. The molecule has 0 aromatic carbocycles. The number of aryl methyl sites for hydroxylation is 1. The summed E-state index contributed by atoms with van der Waals surface area (Å²) in [4.78, 5) is 30.1. The lowest BCUT2D eigenvalue weighted by Crippen LogP contribution is -2.38. The largest absolute Gasteiger partial charge is 0.448 e. The molecule has 2 aliphatic rings. The Hall–Kier alpha value is -1.85. The molecule has 1 aliphatic heterocycles. The van der Waals surface area contributed by atoms with Crippen LogP contribution < -0.4 is 5.32 Å². The molecule has 3 rings (SSSR count). The van der Waals surface area contributed by atoms with Crippen LogP contribution in [0.2, 0.25) is 0 Å². The summed E-state index contributed by atoms with van der Waals surface area (Å²) in [5, 5.41) is 2.90. The van der Waals surface area contributed by atoms with E-state index in [0.29, 0.717) is 30.3 Å². The molecule has 2 fully saturated rings. The molecule has 6 heteroatoms. The number of nitrogens with one attached hydrogen (secondary N) is 1. The van der Waals surface area contributed by atoms with Crippen LogP contribution in [-0.4, -0.2) is 40.8 Å². The normalized spacial score (nSPS) is 23.0. The van der Waals surface area contributed by atoms with Crippen LogP contribution in [0, 0.1) is 12.8 Å². The van der Waals surface area contributed by atoms with Gasteiger partial charge in [-0.05, 0) is 25.7 Å². The Kier molecular flexibility index (Phi) is 4.45. The van der Waals surface area contributed by atoms with Crippen LogP contribution in [-0.2, 0) is 4.79 Å². The van der Waals surface area contributed by atoms with Gasteiger partial charge in [-0.2, -0.15) is 0 Å². The first-order valence-corrected chi connectivity index (χ1v) is 8.12. The van der Waals surface area contributed by atoms with Gasteiger partial charge in [-0.1, -0.05) is 19.3 Å². The van der Waals surface area contributed by atoms with Crippen LogP contribution in [0.1, 0.15) is 54.8 Å². The number of hydrogen-bond acceptors (Lipinski definition) is 4.